The Morgan fingerprint density at radius 1 is 0.521 bits per heavy atom. The normalized spacial score (nSPS) is 13.5. The molecular weight excluding hydrogens is 590 g/mol. The monoisotopic (exact) mass is 672 g/mol. The number of carbonyl (C=O) groups is 1. The molecule has 3 N–H and O–H groups in total. The molecule has 0 bridgehead atoms. The van der Waals surface area contributed by atoms with Crippen LogP contribution in [0.25, 0.3) is 0 Å². The third-order valence-electron chi connectivity index (χ3n) is 9.32. The summed E-state index contributed by atoms with van der Waals surface area (Å²) >= 11 is 0. The van der Waals surface area contributed by atoms with E-state index < -0.39 is 12.1 Å². The first kappa shape index (κ1) is 46.4. The van der Waals surface area contributed by atoms with Crippen molar-refractivity contribution in [3.05, 3.63) is 48.6 Å². The molecule has 0 saturated heterocycles. The summed E-state index contributed by atoms with van der Waals surface area (Å²) in [4.78, 5) is 12.3. The van der Waals surface area contributed by atoms with Crippen molar-refractivity contribution in [1.29, 1.82) is 0 Å². The first-order chi connectivity index (χ1) is 23.7. The van der Waals surface area contributed by atoms with Gasteiger partial charge >= 0.3 is 0 Å². The quantitative estimate of drug-likeness (QED) is 0.0455. The average Bonchev–Trinajstić information content (AvgIpc) is 3.09. The maximum Gasteiger partial charge on any atom is 0.220 e. The van der Waals surface area contributed by atoms with Gasteiger partial charge in [0, 0.05) is 6.42 Å². The molecule has 0 fully saturated rings. The predicted octanol–water partition coefficient (Wildman–Crippen LogP) is 12.8. The van der Waals surface area contributed by atoms with Gasteiger partial charge in [0.1, 0.15) is 0 Å². The molecule has 0 aliphatic rings. The van der Waals surface area contributed by atoms with Crippen molar-refractivity contribution in [2.75, 3.05) is 6.61 Å². The van der Waals surface area contributed by atoms with E-state index in [2.05, 4.69) is 55.6 Å². The Morgan fingerprint density at radius 2 is 0.917 bits per heavy atom. The number of carbonyl (C=O) groups excluding carboxylic acids is 1. The highest BCUT2D eigenvalue weighted by atomic mass is 16.3. The lowest BCUT2D eigenvalue weighted by atomic mass is 10.0. The molecule has 2 unspecified atom stereocenters. The maximum atomic E-state index is 12.3. The Balaban J connectivity index is 3.60. The van der Waals surface area contributed by atoms with Gasteiger partial charge in [0.25, 0.3) is 0 Å². The van der Waals surface area contributed by atoms with E-state index in [1.54, 1.807) is 6.08 Å². The second kappa shape index (κ2) is 39.8. The summed E-state index contributed by atoms with van der Waals surface area (Å²) in [6.07, 6.45) is 53.5. The highest BCUT2D eigenvalue weighted by Gasteiger charge is 2.17. The van der Waals surface area contributed by atoms with Crippen LogP contribution in [-0.4, -0.2) is 34.9 Å². The zero-order chi connectivity index (χ0) is 35.0. The van der Waals surface area contributed by atoms with Crippen LogP contribution in [0.2, 0.25) is 0 Å². The summed E-state index contributed by atoms with van der Waals surface area (Å²) in [5.74, 6) is -0.0820. The van der Waals surface area contributed by atoms with E-state index in [-0.39, 0.29) is 12.5 Å². The van der Waals surface area contributed by atoms with Gasteiger partial charge in [-0.3, -0.25) is 4.79 Å². The summed E-state index contributed by atoms with van der Waals surface area (Å²) in [6, 6.07) is -0.631. The Labute approximate surface area is 299 Å². The Kier molecular flexibility index (Phi) is 38.4. The van der Waals surface area contributed by atoms with Gasteiger partial charge < -0.3 is 15.5 Å². The lowest BCUT2D eigenvalue weighted by Gasteiger charge is -2.20. The number of hydrogen-bond acceptors (Lipinski definition) is 3. The summed E-state index contributed by atoms with van der Waals surface area (Å²) in [6.45, 7) is 4.19. The Hall–Kier alpha value is -1.65. The standard InChI is InChI=1S/C44H81NO3/c1-3-5-7-9-11-13-15-17-19-20-21-22-23-24-26-27-29-31-33-35-37-39-43(47)42(41-46)45-44(48)40-38-36-34-32-30-28-25-18-16-14-12-10-8-6-4-2/h6,8,12,14,18,25,37,39,42-43,46-47H,3-5,7,9-11,13,15-17,19-24,26-36,38,40-41H2,1-2H3,(H,45,48)/b8-6-,14-12-,25-18-,39-37+. The molecule has 0 aliphatic carbocycles. The molecule has 4 heteroatoms. The second-order valence-corrected chi connectivity index (χ2v) is 14.0. The molecule has 2 atom stereocenters. The van der Waals surface area contributed by atoms with E-state index in [4.69, 9.17) is 0 Å². The van der Waals surface area contributed by atoms with E-state index in [0.717, 1.165) is 57.8 Å². The number of hydrogen-bond donors (Lipinski definition) is 3. The molecule has 0 saturated carbocycles. The van der Waals surface area contributed by atoms with Crippen LogP contribution in [0.1, 0.15) is 206 Å². The lowest BCUT2D eigenvalue weighted by Crippen LogP contribution is -2.45. The summed E-state index contributed by atoms with van der Waals surface area (Å²) in [5.41, 5.74) is 0. The minimum atomic E-state index is -0.847. The molecule has 4 nitrogen and oxygen atoms in total. The van der Waals surface area contributed by atoms with Crippen molar-refractivity contribution < 1.29 is 15.0 Å². The van der Waals surface area contributed by atoms with Crippen molar-refractivity contribution in [2.45, 2.75) is 219 Å². The van der Waals surface area contributed by atoms with Crippen LogP contribution in [0.4, 0.5) is 0 Å². The minimum Gasteiger partial charge on any atom is -0.394 e. The number of rotatable bonds is 37. The number of amides is 1. The number of unbranched alkanes of at least 4 members (excludes halogenated alkanes) is 24. The van der Waals surface area contributed by atoms with Crippen LogP contribution >= 0.6 is 0 Å². The van der Waals surface area contributed by atoms with Crippen LogP contribution in [0, 0.1) is 0 Å². The fraction of sp³-hybridized carbons (Fsp3) is 0.795. The smallest absolute Gasteiger partial charge is 0.220 e. The van der Waals surface area contributed by atoms with E-state index in [1.807, 2.05) is 6.08 Å². The van der Waals surface area contributed by atoms with Crippen molar-refractivity contribution in [3.63, 3.8) is 0 Å². The summed E-state index contributed by atoms with van der Waals surface area (Å²) < 4.78 is 0. The number of allylic oxidation sites excluding steroid dienone is 7. The third kappa shape index (κ3) is 35.7. The lowest BCUT2D eigenvalue weighted by molar-refractivity contribution is -0.123. The number of nitrogens with one attached hydrogen (secondary N) is 1. The molecular formula is C44H81NO3. The van der Waals surface area contributed by atoms with Gasteiger partial charge in [-0.05, 0) is 51.4 Å². The van der Waals surface area contributed by atoms with Gasteiger partial charge in [0.2, 0.25) is 5.91 Å². The van der Waals surface area contributed by atoms with Crippen LogP contribution in [0.5, 0.6) is 0 Å². The van der Waals surface area contributed by atoms with E-state index in [1.165, 1.54) is 128 Å². The Bertz CT molecular complexity index is 771. The molecule has 280 valence electrons. The second-order valence-electron chi connectivity index (χ2n) is 14.0. The zero-order valence-corrected chi connectivity index (χ0v) is 32.0. The van der Waals surface area contributed by atoms with Crippen LogP contribution in [0.15, 0.2) is 48.6 Å². The van der Waals surface area contributed by atoms with Crippen molar-refractivity contribution in [2.24, 2.45) is 0 Å². The molecule has 0 radical (unpaired) electrons. The zero-order valence-electron chi connectivity index (χ0n) is 32.0. The van der Waals surface area contributed by atoms with Crippen LogP contribution < -0.4 is 5.32 Å². The van der Waals surface area contributed by atoms with Crippen molar-refractivity contribution in [1.82, 2.24) is 5.32 Å². The van der Waals surface area contributed by atoms with Gasteiger partial charge in [0.15, 0.2) is 0 Å². The van der Waals surface area contributed by atoms with Crippen molar-refractivity contribution >= 4 is 5.91 Å². The predicted molar refractivity (Wildman–Crippen MR) is 211 cm³/mol. The summed E-state index contributed by atoms with van der Waals surface area (Å²) in [7, 11) is 0. The molecule has 0 aromatic carbocycles. The number of aliphatic hydroxyl groups is 2. The highest BCUT2D eigenvalue weighted by molar-refractivity contribution is 5.76. The van der Waals surface area contributed by atoms with Crippen LogP contribution in [-0.2, 0) is 4.79 Å². The first-order valence-corrected chi connectivity index (χ1v) is 20.9. The average molecular weight is 672 g/mol. The molecule has 0 aromatic rings. The van der Waals surface area contributed by atoms with Gasteiger partial charge in [0.05, 0.1) is 18.8 Å². The van der Waals surface area contributed by atoms with Crippen molar-refractivity contribution in [3.8, 4) is 0 Å². The molecule has 0 heterocycles. The molecule has 0 rings (SSSR count). The fourth-order valence-corrected chi connectivity index (χ4v) is 6.13. The fourth-order valence-electron chi connectivity index (χ4n) is 6.13. The van der Waals surface area contributed by atoms with Crippen LogP contribution in [0.3, 0.4) is 0 Å². The molecule has 0 aliphatic heterocycles. The van der Waals surface area contributed by atoms with E-state index >= 15 is 0 Å². The Morgan fingerprint density at radius 3 is 1.38 bits per heavy atom. The van der Waals surface area contributed by atoms with Gasteiger partial charge in [-0.2, -0.15) is 0 Å². The molecule has 0 spiro atoms. The molecule has 0 aromatic heterocycles. The van der Waals surface area contributed by atoms with E-state index in [0.29, 0.717) is 6.42 Å². The molecule has 1 amide bonds. The van der Waals surface area contributed by atoms with E-state index in [9.17, 15) is 15.0 Å². The molecule has 48 heavy (non-hydrogen) atoms. The minimum absolute atomic E-state index is 0.0820. The topological polar surface area (TPSA) is 69.6 Å². The van der Waals surface area contributed by atoms with Gasteiger partial charge in [-0.25, -0.2) is 0 Å². The summed E-state index contributed by atoms with van der Waals surface area (Å²) in [5, 5.41) is 23.0. The highest BCUT2D eigenvalue weighted by Crippen LogP contribution is 2.15. The third-order valence-corrected chi connectivity index (χ3v) is 9.32. The largest absolute Gasteiger partial charge is 0.394 e. The number of aliphatic hydroxyl groups excluding tert-OH is 2. The first-order valence-electron chi connectivity index (χ1n) is 20.9. The van der Waals surface area contributed by atoms with Gasteiger partial charge in [-0.15, -0.1) is 0 Å². The maximum absolute atomic E-state index is 12.3. The SMILES string of the molecule is CC/C=C\C/C=C\C/C=C\CCCCCCCC(=O)NC(CO)C(O)/C=C/CCCCCCCCCCCCCCCCCCCCC. The van der Waals surface area contributed by atoms with Gasteiger partial charge in [-0.1, -0.05) is 197 Å².